The molecular formula is C22H32O3S. The van der Waals surface area contributed by atoms with E-state index in [1.165, 1.54) is 63.9 Å². The number of unbranched alkanes of at least 4 members (excludes halogenated alkanes) is 9. The third kappa shape index (κ3) is 6.40. The predicted molar refractivity (Wildman–Crippen MR) is 109 cm³/mol. The summed E-state index contributed by atoms with van der Waals surface area (Å²) in [4.78, 5) is -0.0000713. The fraction of sp³-hybridized carbons (Fsp3) is 0.545. The minimum absolute atomic E-state index is 0.0000713. The second-order valence-electron chi connectivity index (χ2n) is 7.18. The highest BCUT2D eigenvalue weighted by Gasteiger charge is 2.15. The molecule has 0 fully saturated rings. The van der Waals surface area contributed by atoms with Crippen molar-refractivity contribution in [3.8, 4) is 0 Å². The van der Waals surface area contributed by atoms with Crippen LogP contribution in [0.1, 0.15) is 76.7 Å². The number of hydrogen-bond donors (Lipinski definition) is 1. The maximum atomic E-state index is 11.6. The molecule has 0 aliphatic heterocycles. The number of benzene rings is 2. The summed E-state index contributed by atoms with van der Waals surface area (Å²) in [6.07, 6.45) is 14.0. The Balaban J connectivity index is 1.81. The van der Waals surface area contributed by atoms with Gasteiger partial charge in [0.1, 0.15) is 4.90 Å². The molecule has 4 heteroatoms. The standard InChI is InChI=1S/C22H32O3S/c1-2-3-4-5-6-7-8-9-10-11-14-19-17-18-22(26(23,24)25)21-16-13-12-15-20(19)21/h12-13,15-18H,2-11,14H2,1H3,(H,23,24,25). The molecule has 1 N–H and O–H groups in total. The van der Waals surface area contributed by atoms with Crippen molar-refractivity contribution in [2.24, 2.45) is 0 Å². The van der Waals surface area contributed by atoms with Crippen molar-refractivity contribution in [3.63, 3.8) is 0 Å². The van der Waals surface area contributed by atoms with Crippen LogP contribution in [0.5, 0.6) is 0 Å². The predicted octanol–water partition coefficient (Wildman–Crippen LogP) is 6.55. The lowest BCUT2D eigenvalue weighted by atomic mass is 9.99. The van der Waals surface area contributed by atoms with Crippen LogP contribution < -0.4 is 0 Å². The third-order valence-corrected chi connectivity index (χ3v) is 5.96. The largest absolute Gasteiger partial charge is 0.295 e. The minimum atomic E-state index is -4.19. The summed E-state index contributed by atoms with van der Waals surface area (Å²) in [7, 11) is -4.19. The van der Waals surface area contributed by atoms with Crippen LogP contribution in [0.25, 0.3) is 10.8 Å². The molecule has 144 valence electrons. The van der Waals surface area contributed by atoms with E-state index < -0.39 is 10.1 Å². The highest BCUT2D eigenvalue weighted by atomic mass is 32.2. The van der Waals surface area contributed by atoms with Crippen LogP contribution in [0.4, 0.5) is 0 Å². The molecule has 0 radical (unpaired) electrons. The van der Waals surface area contributed by atoms with E-state index in [4.69, 9.17) is 0 Å². The van der Waals surface area contributed by atoms with E-state index in [-0.39, 0.29) is 4.90 Å². The van der Waals surface area contributed by atoms with Crippen LogP contribution in [-0.2, 0) is 16.5 Å². The Kier molecular flexibility index (Phi) is 8.60. The van der Waals surface area contributed by atoms with Gasteiger partial charge >= 0.3 is 0 Å². The number of fused-ring (bicyclic) bond motifs is 1. The fourth-order valence-corrected chi connectivity index (χ4v) is 4.28. The van der Waals surface area contributed by atoms with Gasteiger partial charge in [-0.3, -0.25) is 4.55 Å². The van der Waals surface area contributed by atoms with Crippen LogP contribution >= 0.6 is 0 Å². The molecule has 0 aliphatic rings. The first-order valence-corrected chi connectivity index (χ1v) is 11.5. The van der Waals surface area contributed by atoms with Crippen molar-refractivity contribution >= 4 is 20.9 Å². The van der Waals surface area contributed by atoms with E-state index >= 15 is 0 Å². The minimum Gasteiger partial charge on any atom is -0.282 e. The summed E-state index contributed by atoms with van der Waals surface area (Å²) in [5.74, 6) is 0. The lowest BCUT2D eigenvalue weighted by Crippen LogP contribution is -2.00. The molecule has 0 unspecified atom stereocenters. The van der Waals surface area contributed by atoms with Crippen LogP contribution in [0, 0.1) is 0 Å². The highest BCUT2D eigenvalue weighted by molar-refractivity contribution is 7.86. The monoisotopic (exact) mass is 376 g/mol. The Hall–Kier alpha value is -1.39. The first-order valence-electron chi connectivity index (χ1n) is 10.0. The topological polar surface area (TPSA) is 54.4 Å². The van der Waals surface area contributed by atoms with Crippen molar-refractivity contribution < 1.29 is 13.0 Å². The molecule has 2 rings (SSSR count). The van der Waals surface area contributed by atoms with Gasteiger partial charge in [-0.05, 0) is 29.9 Å². The maximum absolute atomic E-state index is 11.6. The van der Waals surface area contributed by atoms with Gasteiger partial charge in [0.25, 0.3) is 10.1 Å². The van der Waals surface area contributed by atoms with Crippen LogP contribution in [0.2, 0.25) is 0 Å². The number of rotatable bonds is 12. The average Bonchev–Trinajstić information content (AvgIpc) is 2.62. The molecule has 2 aromatic carbocycles. The molecule has 0 aliphatic carbocycles. The molecule has 0 amide bonds. The van der Waals surface area contributed by atoms with Gasteiger partial charge < -0.3 is 0 Å². The maximum Gasteiger partial charge on any atom is 0.295 e. The zero-order valence-corrected chi connectivity index (χ0v) is 16.7. The second kappa shape index (κ2) is 10.7. The van der Waals surface area contributed by atoms with Gasteiger partial charge in [-0.1, -0.05) is 95.0 Å². The zero-order chi connectivity index (χ0) is 18.8. The summed E-state index contributed by atoms with van der Waals surface area (Å²) in [6, 6.07) is 10.8. The molecule has 0 heterocycles. The van der Waals surface area contributed by atoms with Crippen molar-refractivity contribution in [1.29, 1.82) is 0 Å². The van der Waals surface area contributed by atoms with E-state index in [0.717, 1.165) is 23.8 Å². The first kappa shape index (κ1) is 20.9. The van der Waals surface area contributed by atoms with Crippen LogP contribution in [0.15, 0.2) is 41.3 Å². The highest BCUT2D eigenvalue weighted by Crippen LogP contribution is 2.27. The van der Waals surface area contributed by atoms with Crippen molar-refractivity contribution in [3.05, 3.63) is 42.0 Å². The SMILES string of the molecule is CCCCCCCCCCCCc1ccc(S(=O)(=O)O)c2ccccc12. The zero-order valence-electron chi connectivity index (χ0n) is 15.9. The van der Waals surface area contributed by atoms with E-state index in [1.807, 2.05) is 18.2 Å². The van der Waals surface area contributed by atoms with Gasteiger partial charge in [0.2, 0.25) is 0 Å². The van der Waals surface area contributed by atoms with Crippen LogP contribution in [-0.4, -0.2) is 13.0 Å². The summed E-state index contributed by atoms with van der Waals surface area (Å²) in [5, 5.41) is 1.54. The lowest BCUT2D eigenvalue weighted by Gasteiger charge is -2.10. The van der Waals surface area contributed by atoms with E-state index in [9.17, 15) is 13.0 Å². The van der Waals surface area contributed by atoms with Crippen molar-refractivity contribution in [1.82, 2.24) is 0 Å². The van der Waals surface area contributed by atoms with E-state index in [0.29, 0.717) is 5.39 Å². The van der Waals surface area contributed by atoms with Gasteiger partial charge in [0.05, 0.1) is 0 Å². The molecule has 2 aromatic rings. The Morgan fingerprint density at radius 3 is 1.85 bits per heavy atom. The molecule has 0 saturated carbocycles. The molecule has 0 atom stereocenters. The Bertz CT molecular complexity index is 781. The normalized spacial score (nSPS) is 11.9. The van der Waals surface area contributed by atoms with E-state index in [2.05, 4.69) is 6.92 Å². The molecule has 0 bridgehead atoms. The summed E-state index contributed by atoms with van der Waals surface area (Å²) in [6.45, 7) is 2.25. The Labute approximate surface area is 158 Å². The van der Waals surface area contributed by atoms with Gasteiger partial charge in [0.15, 0.2) is 0 Å². The fourth-order valence-electron chi connectivity index (χ4n) is 3.58. The van der Waals surface area contributed by atoms with Crippen LogP contribution in [0.3, 0.4) is 0 Å². The molecule has 0 spiro atoms. The second-order valence-corrected chi connectivity index (χ2v) is 8.57. The van der Waals surface area contributed by atoms with Gasteiger partial charge in [-0.25, -0.2) is 0 Å². The average molecular weight is 377 g/mol. The summed E-state index contributed by atoms with van der Waals surface area (Å²) >= 11 is 0. The quantitative estimate of drug-likeness (QED) is 0.337. The molecule has 3 nitrogen and oxygen atoms in total. The smallest absolute Gasteiger partial charge is 0.282 e. The van der Waals surface area contributed by atoms with Crippen molar-refractivity contribution in [2.75, 3.05) is 0 Å². The molecule has 0 aromatic heterocycles. The third-order valence-electron chi connectivity index (χ3n) is 5.05. The van der Waals surface area contributed by atoms with Gasteiger partial charge in [-0.15, -0.1) is 0 Å². The molecule has 0 saturated heterocycles. The number of hydrogen-bond acceptors (Lipinski definition) is 2. The Morgan fingerprint density at radius 2 is 1.27 bits per heavy atom. The number of aryl methyl sites for hydroxylation is 1. The lowest BCUT2D eigenvalue weighted by molar-refractivity contribution is 0.484. The van der Waals surface area contributed by atoms with Gasteiger partial charge in [-0.2, -0.15) is 8.42 Å². The first-order chi connectivity index (χ1) is 12.5. The van der Waals surface area contributed by atoms with Gasteiger partial charge in [0, 0.05) is 5.39 Å². The summed E-state index contributed by atoms with van der Waals surface area (Å²) < 4.78 is 32.5. The van der Waals surface area contributed by atoms with Crippen molar-refractivity contribution in [2.45, 2.75) is 82.4 Å². The van der Waals surface area contributed by atoms with E-state index in [1.54, 1.807) is 12.1 Å². The molecular weight excluding hydrogens is 344 g/mol. The summed E-state index contributed by atoms with van der Waals surface area (Å²) in [5.41, 5.74) is 1.16. The molecule has 26 heavy (non-hydrogen) atoms. The Morgan fingerprint density at radius 1 is 0.731 bits per heavy atom.